The Morgan fingerprint density at radius 1 is 1.08 bits per heavy atom. The van der Waals surface area contributed by atoms with Crippen molar-refractivity contribution in [2.24, 2.45) is 34.5 Å². The molecule has 2 bridgehead atoms. The van der Waals surface area contributed by atoms with Crippen LogP contribution in [0.5, 0.6) is 0 Å². The zero-order chi connectivity index (χ0) is 27.8. The van der Waals surface area contributed by atoms with E-state index in [4.69, 9.17) is 14.2 Å². The Hall–Kier alpha value is -2.24. The Morgan fingerprint density at radius 2 is 1.76 bits per heavy atom. The third kappa shape index (κ3) is 4.03. The summed E-state index contributed by atoms with van der Waals surface area (Å²) in [6, 6.07) is 7.66. The molecule has 1 heterocycles. The maximum absolute atomic E-state index is 14.8. The monoisotopic (exact) mass is 520 g/mol. The average molecular weight is 521 g/mol. The molecule has 5 unspecified atom stereocenters. The number of fused-ring (bicyclic) bond motifs is 3. The van der Waals surface area contributed by atoms with E-state index in [0.29, 0.717) is 18.1 Å². The lowest BCUT2D eigenvalue weighted by Crippen LogP contribution is -2.54. The van der Waals surface area contributed by atoms with E-state index < -0.39 is 17.3 Å². The number of carbonyl (C=O) groups is 2. The molecular weight excluding hydrogens is 476 g/mol. The highest BCUT2D eigenvalue weighted by atomic mass is 16.7. The van der Waals surface area contributed by atoms with E-state index in [-0.39, 0.29) is 46.9 Å². The van der Waals surface area contributed by atoms with Crippen molar-refractivity contribution in [2.45, 2.75) is 92.6 Å². The summed E-state index contributed by atoms with van der Waals surface area (Å²) in [5.41, 5.74) is 2.48. The van der Waals surface area contributed by atoms with Gasteiger partial charge in [-0.2, -0.15) is 0 Å². The van der Waals surface area contributed by atoms with E-state index in [0.717, 1.165) is 23.1 Å². The number of Topliss-reactive ketones (excluding diaryl/α,β-unsaturated/α-hetero) is 1. The van der Waals surface area contributed by atoms with E-state index in [1.165, 1.54) is 0 Å². The van der Waals surface area contributed by atoms with Crippen molar-refractivity contribution in [3.63, 3.8) is 0 Å². The third-order valence-electron chi connectivity index (χ3n) is 10.2. The van der Waals surface area contributed by atoms with Crippen LogP contribution in [0, 0.1) is 34.5 Å². The summed E-state index contributed by atoms with van der Waals surface area (Å²) < 4.78 is 19.2. The Labute approximate surface area is 228 Å². The van der Waals surface area contributed by atoms with Crippen molar-refractivity contribution in [1.82, 2.24) is 0 Å². The van der Waals surface area contributed by atoms with Gasteiger partial charge in [0.05, 0.1) is 23.7 Å². The molecule has 1 saturated heterocycles. The maximum Gasteiger partial charge on any atom is 0.339 e. The smallest absolute Gasteiger partial charge is 0.339 e. The van der Waals surface area contributed by atoms with Gasteiger partial charge < -0.3 is 14.2 Å². The maximum atomic E-state index is 14.8. The lowest BCUT2D eigenvalue weighted by atomic mass is 9.62. The summed E-state index contributed by atoms with van der Waals surface area (Å²) in [5, 5.41) is 0. The van der Waals surface area contributed by atoms with Crippen LogP contribution in [0.2, 0.25) is 0 Å². The summed E-state index contributed by atoms with van der Waals surface area (Å²) in [5.74, 6) is -0.929. The number of benzene rings is 1. The van der Waals surface area contributed by atoms with Gasteiger partial charge in [0.1, 0.15) is 6.10 Å². The molecule has 1 aromatic carbocycles. The van der Waals surface area contributed by atoms with Gasteiger partial charge in [-0.15, -0.1) is 0 Å². The van der Waals surface area contributed by atoms with Crippen molar-refractivity contribution in [3.8, 4) is 0 Å². The summed E-state index contributed by atoms with van der Waals surface area (Å²) in [7, 11) is 0. The minimum Gasteiger partial charge on any atom is -0.454 e. The normalized spacial score (nSPS) is 37.4. The predicted octanol–water partition coefficient (Wildman–Crippen LogP) is 6.88. The van der Waals surface area contributed by atoms with Crippen LogP contribution in [0.15, 0.2) is 47.6 Å². The van der Waals surface area contributed by atoms with Gasteiger partial charge in [-0.1, -0.05) is 71.9 Å². The number of hydrogen-bond donors (Lipinski definition) is 0. The number of esters is 1. The molecule has 38 heavy (non-hydrogen) atoms. The largest absolute Gasteiger partial charge is 0.454 e. The first-order chi connectivity index (χ1) is 17.7. The van der Waals surface area contributed by atoms with Gasteiger partial charge in [-0.05, 0) is 73.1 Å². The highest BCUT2D eigenvalue weighted by Crippen LogP contribution is 2.62. The van der Waals surface area contributed by atoms with Crippen LogP contribution in [-0.2, 0) is 19.0 Å². The molecule has 7 atom stereocenters. The minimum absolute atomic E-state index is 0.0724. The summed E-state index contributed by atoms with van der Waals surface area (Å²) in [6.07, 6.45) is 4.27. The Morgan fingerprint density at radius 3 is 2.45 bits per heavy atom. The predicted molar refractivity (Wildman–Crippen MR) is 148 cm³/mol. The van der Waals surface area contributed by atoms with Crippen LogP contribution < -0.4 is 0 Å². The molecule has 0 radical (unpaired) electrons. The lowest BCUT2D eigenvalue weighted by Gasteiger charge is -2.47. The second-order valence-corrected chi connectivity index (χ2v) is 13.6. The molecule has 5 heteroatoms. The quantitative estimate of drug-likeness (QED) is 0.321. The van der Waals surface area contributed by atoms with E-state index in [9.17, 15) is 9.59 Å². The number of carbonyl (C=O) groups excluding carboxylic acids is 2. The fourth-order valence-corrected chi connectivity index (χ4v) is 7.63. The second-order valence-electron chi connectivity index (χ2n) is 13.6. The second kappa shape index (κ2) is 9.16. The SMILES string of the molecule is CC1=CC23C(=O)C(C=C4COC(C)(C)OC4C2C1OC(=O)c1ccccc1C(C)C)C(C)(C)[C@@H](C)C[C@H]3C. The third-order valence-corrected chi connectivity index (χ3v) is 10.2. The first-order valence-corrected chi connectivity index (χ1v) is 14.3. The van der Waals surface area contributed by atoms with Gasteiger partial charge in [0.25, 0.3) is 0 Å². The van der Waals surface area contributed by atoms with Crippen molar-refractivity contribution in [3.05, 3.63) is 58.7 Å². The zero-order valence-electron chi connectivity index (χ0n) is 24.5. The molecule has 4 aliphatic rings. The average Bonchev–Trinajstić information content (AvgIpc) is 3.06. The molecule has 1 spiro atoms. The van der Waals surface area contributed by atoms with E-state index in [1.807, 2.05) is 45.0 Å². The summed E-state index contributed by atoms with van der Waals surface area (Å²) in [4.78, 5) is 28.6. The first-order valence-electron chi connectivity index (χ1n) is 14.3. The minimum atomic E-state index is -0.803. The van der Waals surface area contributed by atoms with Crippen molar-refractivity contribution in [2.75, 3.05) is 6.61 Å². The van der Waals surface area contributed by atoms with Gasteiger partial charge >= 0.3 is 5.97 Å². The molecule has 2 fully saturated rings. The molecule has 206 valence electrons. The van der Waals surface area contributed by atoms with Crippen LogP contribution in [0.4, 0.5) is 0 Å². The number of allylic oxidation sites excluding steroid dienone is 2. The number of ether oxygens (including phenoxy) is 3. The molecule has 0 N–H and O–H groups in total. The molecular formula is C33H44O5. The van der Waals surface area contributed by atoms with Gasteiger partial charge in [0.15, 0.2) is 11.6 Å². The number of ketones is 1. The van der Waals surface area contributed by atoms with Gasteiger partial charge in [-0.3, -0.25) is 4.79 Å². The van der Waals surface area contributed by atoms with Crippen molar-refractivity contribution in [1.29, 1.82) is 0 Å². The fraction of sp³-hybridized carbons (Fsp3) is 0.636. The lowest BCUT2D eigenvalue weighted by molar-refractivity contribution is -0.269. The summed E-state index contributed by atoms with van der Waals surface area (Å²) >= 11 is 0. The summed E-state index contributed by atoms with van der Waals surface area (Å²) in [6.45, 7) is 19.3. The van der Waals surface area contributed by atoms with E-state index in [1.54, 1.807) is 0 Å². The molecule has 0 amide bonds. The molecule has 3 aliphatic carbocycles. The molecule has 5 rings (SSSR count). The number of rotatable bonds is 3. The zero-order valence-corrected chi connectivity index (χ0v) is 24.5. The Bertz CT molecular complexity index is 1200. The Balaban J connectivity index is 1.65. The van der Waals surface area contributed by atoms with Crippen molar-refractivity contribution < 1.29 is 23.8 Å². The van der Waals surface area contributed by atoms with Crippen LogP contribution >= 0.6 is 0 Å². The molecule has 1 saturated carbocycles. The molecule has 1 aromatic rings. The highest BCUT2D eigenvalue weighted by Gasteiger charge is 2.66. The van der Waals surface area contributed by atoms with Gasteiger partial charge in [0, 0.05) is 11.8 Å². The standard InChI is InChI=1S/C33H44O5/c1-18(2)23-12-10-11-13-24(23)30(35)37-27-19(3)16-33-21(5)14-20(4)31(6,7)25(29(33)34)15-22-17-36-32(8,9)38-28(22)26(27)33/h10-13,15-16,18,20-21,25-28H,14,17H2,1-9H3/t20-,21+,25?,26?,27?,28?,33?/m0/s1. The fourth-order valence-electron chi connectivity index (χ4n) is 7.63. The van der Waals surface area contributed by atoms with E-state index >= 15 is 0 Å². The van der Waals surface area contributed by atoms with Crippen LogP contribution in [0.25, 0.3) is 0 Å². The van der Waals surface area contributed by atoms with Crippen LogP contribution in [0.3, 0.4) is 0 Å². The van der Waals surface area contributed by atoms with Crippen LogP contribution in [-0.4, -0.2) is 36.4 Å². The van der Waals surface area contributed by atoms with Crippen LogP contribution in [0.1, 0.15) is 90.6 Å². The van der Waals surface area contributed by atoms with Gasteiger partial charge in [-0.25, -0.2) is 4.79 Å². The topological polar surface area (TPSA) is 61.8 Å². The molecule has 0 aromatic heterocycles. The molecule has 1 aliphatic heterocycles. The van der Waals surface area contributed by atoms with E-state index in [2.05, 4.69) is 53.7 Å². The Kier molecular flexibility index (Phi) is 6.59. The number of hydrogen-bond acceptors (Lipinski definition) is 5. The first kappa shape index (κ1) is 27.3. The highest BCUT2D eigenvalue weighted by molar-refractivity contribution is 5.95. The molecule has 5 nitrogen and oxygen atoms in total. The van der Waals surface area contributed by atoms with Crippen molar-refractivity contribution >= 4 is 11.8 Å². The van der Waals surface area contributed by atoms with Gasteiger partial charge in [0.2, 0.25) is 0 Å².